The van der Waals surface area contributed by atoms with Gasteiger partial charge in [0.25, 0.3) is 0 Å². The third kappa shape index (κ3) is 6.45. The van der Waals surface area contributed by atoms with Crippen molar-refractivity contribution in [2.75, 3.05) is 0 Å². The highest BCUT2D eigenvalue weighted by atomic mass is 35.5. The molecule has 0 atom stereocenters. The topological polar surface area (TPSA) is 133 Å². The van der Waals surface area contributed by atoms with Crippen molar-refractivity contribution in [3.05, 3.63) is 64.7 Å². The predicted octanol–water partition coefficient (Wildman–Crippen LogP) is 2.40. The molecule has 3 N–H and O–H groups in total. The summed E-state index contributed by atoms with van der Waals surface area (Å²) in [5, 5.41) is 7.33. The van der Waals surface area contributed by atoms with Crippen molar-refractivity contribution >= 4 is 39.5 Å². The lowest BCUT2D eigenvalue weighted by Crippen LogP contribution is -2.26. The number of hydrogen-bond acceptors (Lipinski definition) is 6. The minimum absolute atomic E-state index is 0.0229. The van der Waals surface area contributed by atoms with Gasteiger partial charge in [-0.1, -0.05) is 41.9 Å². The second-order valence-corrected chi connectivity index (χ2v) is 7.65. The Morgan fingerprint density at radius 2 is 1.71 bits per heavy atom. The van der Waals surface area contributed by atoms with Crippen molar-refractivity contribution in [1.82, 2.24) is 5.32 Å². The van der Waals surface area contributed by atoms with Gasteiger partial charge in [0.05, 0.1) is 11.4 Å². The maximum absolute atomic E-state index is 12.1. The van der Waals surface area contributed by atoms with E-state index < -0.39 is 27.9 Å². The van der Waals surface area contributed by atoms with Crippen molar-refractivity contribution in [3.63, 3.8) is 0 Å². The number of ether oxygens (including phenoxy) is 1. The molecule has 0 saturated carbocycles. The number of halogens is 1. The minimum atomic E-state index is -4.09. The number of benzene rings is 2. The minimum Gasteiger partial charge on any atom is -0.376 e. The van der Waals surface area contributed by atoms with Crippen molar-refractivity contribution in [2.45, 2.75) is 24.3 Å². The standard InChI is InChI=1S/C18H17ClN2O6S/c19-14-7-6-13(10-16(14)28(20,25)26)15(22)8-9-17(23)27-18(24)21-11-12-4-2-1-3-5-12/h1-7,10H,8-9,11H2,(H,21,24)(H2,20,25,26). The number of nitrogens with one attached hydrogen (secondary N) is 1. The number of esters is 1. The Balaban J connectivity index is 1.85. The third-order valence-corrected chi connectivity index (χ3v) is 4.99. The van der Waals surface area contributed by atoms with Gasteiger partial charge in [-0.25, -0.2) is 18.4 Å². The van der Waals surface area contributed by atoms with Gasteiger partial charge in [-0.05, 0) is 23.8 Å². The summed E-state index contributed by atoms with van der Waals surface area (Å²) in [5.41, 5.74) is 0.852. The first-order chi connectivity index (χ1) is 13.2. The molecule has 148 valence electrons. The second-order valence-electron chi connectivity index (χ2n) is 5.71. The molecule has 0 radical (unpaired) electrons. The van der Waals surface area contributed by atoms with Crippen LogP contribution in [0, 0.1) is 0 Å². The van der Waals surface area contributed by atoms with Crippen LogP contribution in [0.5, 0.6) is 0 Å². The van der Waals surface area contributed by atoms with Gasteiger partial charge in [-0.2, -0.15) is 0 Å². The van der Waals surface area contributed by atoms with E-state index >= 15 is 0 Å². The second kappa shape index (κ2) is 9.45. The SMILES string of the molecule is NS(=O)(=O)c1cc(C(=O)CCC(=O)OC(=O)NCc2ccccc2)ccc1Cl. The van der Waals surface area contributed by atoms with Crippen LogP contribution in [0.25, 0.3) is 0 Å². The molecule has 0 unspecified atom stereocenters. The summed E-state index contributed by atoms with van der Waals surface area (Å²) in [5.74, 6) is -1.41. The summed E-state index contributed by atoms with van der Waals surface area (Å²) in [6, 6.07) is 12.6. The number of carbonyl (C=O) groups excluding carboxylic acids is 3. The highest BCUT2D eigenvalue weighted by Crippen LogP contribution is 2.22. The molecule has 0 heterocycles. The molecule has 2 rings (SSSR count). The van der Waals surface area contributed by atoms with Crippen molar-refractivity contribution < 1.29 is 27.5 Å². The van der Waals surface area contributed by atoms with E-state index in [1.807, 2.05) is 6.07 Å². The first-order valence-electron chi connectivity index (χ1n) is 8.05. The number of Topliss-reactive ketones (excluding diaryl/α,β-unsaturated/α-hetero) is 1. The Labute approximate surface area is 166 Å². The number of ketones is 1. The zero-order chi connectivity index (χ0) is 20.7. The fourth-order valence-corrected chi connectivity index (χ4v) is 3.29. The van der Waals surface area contributed by atoms with Crippen molar-refractivity contribution in [1.29, 1.82) is 0 Å². The molecule has 8 nitrogen and oxygen atoms in total. The van der Waals surface area contributed by atoms with Gasteiger partial charge in [-0.3, -0.25) is 9.59 Å². The Morgan fingerprint density at radius 1 is 1.04 bits per heavy atom. The van der Waals surface area contributed by atoms with Gasteiger partial charge in [0.1, 0.15) is 4.90 Å². The van der Waals surface area contributed by atoms with E-state index in [1.165, 1.54) is 12.1 Å². The summed E-state index contributed by atoms with van der Waals surface area (Å²) < 4.78 is 27.5. The Kier molecular flexibility index (Phi) is 7.27. The lowest BCUT2D eigenvalue weighted by atomic mass is 10.1. The number of sulfonamides is 1. The molecule has 2 aromatic carbocycles. The van der Waals surface area contributed by atoms with Crippen LogP contribution in [-0.2, 0) is 26.1 Å². The van der Waals surface area contributed by atoms with Crippen molar-refractivity contribution in [3.8, 4) is 0 Å². The number of hydrogen-bond donors (Lipinski definition) is 2. The van der Waals surface area contributed by atoms with E-state index in [9.17, 15) is 22.8 Å². The molecular formula is C18H17ClN2O6S. The fraction of sp³-hybridized carbons (Fsp3) is 0.167. The summed E-state index contributed by atoms with van der Waals surface area (Å²) in [4.78, 5) is 35.1. The molecule has 0 aromatic heterocycles. The summed E-state index contributed by atoms with van der Waals surface area (Å²) in [6.07, 6.45) is -1.56. The van der Waals surface area contributed by atoms with E-state index in [4.69, 9.17) is 16.7 Å². The van der Waals surface area contributed by atoms with Gasteiger partial charge >= 0.3 is 12.1 Å². The number of primary sulfonamides is 1. The quantitative estimate of drug-likeness (QED) is 0.398. The van der Waals surface area contributed by atoms with Crippen LogP contribution in [0.1, 0.15) is 28.8 Å². The molecule has 0 aliphatic carbocycles. The molecule has 28 heavy (non-hydrogen) atoms. The first-order valence-corrected chi connectivity index (χ1v) is 9.97. The number of carbonyl (C=O) groups is 3. The molecule has 1 amide bonds. The maximum atomic E-state index is 12.1. The zero-order valence-corrected chi connectivity index (χ0v) is 16.1. The van der Waals surface area contributed by atoms with E-state index in [-0.39, 0.29) is 34.9 Å². The van der Waals surface area contributed by atoms with Gasteiger partial charge in [0.2, 0.25) is 10.0 Å². The smallest absolute Gasteiger partial charge is 0.376 e. The van der Waals surface area contributed by atoms with Crippen LogP contribution in [0.3, 0.4) is 0 Å². The van der Waals surface area contributed by atoms with Crippen LogP contribution >= 0.6 is 11.6 Å². The summed E-state index contributed by atoms with van der Waals surface area (Å²) >= 11 is 5.76. The lowest BCUT2D eigenvalue weighted by molar-refractivity contribution is -0.137. The Bertz CT molecular complexity index is 992. The number of amides is 1. The predicted molar refractivity (Wildman–Crippen MR) is 101 cm³/mol. The van der Waals surface area contributed by atoms with Crippen LogP contribution in [0.2, 0.25) is 5.02 Å². The van der Waals surface area contributed by atoms with Gasteiger partial charge in [-0.15, -0.1) is 0 Å². The van der Waals surface area contributed by atoms with Gasteiger partial charge < -0.3 is 10.1 Å². The number of nitrogens with two attached hydrogens (primary N) is 1. The molecule has 0 aliphatic heterocycles. The van der Waals surface area contributed by atoms with E-state index in [1.54, 1.807) is 24.3 Å². The van der Waals surface area contributed by atoms with Gasteiger partial charge in [0.15, 0.2) is 5.78 Å². The van der Waals surface area contributed by atoms with Crippen molar-refractivity contribution in [2.24, 2.45) is 5.14 Å². The molecule has 10 heteroatoms. The van der Waals surface area contributed by atoms with Crippen LogP contribution in [0.4, 0.5) is 4.79 Å². The lowest BCUT2D eigenvalue weighted by Gasteiger charge is -2.07. The number of rotatable bonds is 7. The Morgan fingerprint density at radius 3 is 2.36 bits per heavy atom. The molecular weight excluding hydrogens is 408 g/mol. The summed E-state index contributed by atoms with van der Waals surface area (Å²) in [7, 11) is -4.09. The van der Waals surface area contributed by atoms with E-state index in [0.29, 0.717) is 0 Å². The van der Waals surface area contributed by atoms with Crippen LogP contribution < -0.4 is 10.5 Å². The molecule has 0 fully saturated rings. The van der Waals surface area contributed by atoms with Gasteiger partial charge in [0, 0.05) is 18.5 Å². The summed E-state index contributed by atoms with van der Waals surface area (Å²) in [6.45, 7) is 0.187. The largest absolute Gasteiger partial charge is 0.415 e. The van der Waals surface area contributed by atoms with Crippen LogP contribution in [0.15, 0.2) is 53.4 Å². The zero-order valence-electron chi connectivity index (χ0n) is 14.6. The van der Waals surface area contributed by atoms with Crippen LogP contribution in [-0.4, -0.2) is 26.3 Å². The normalized spacial score (nSPS) is 10.9. The molecule has 0 spiro atoms. The van der Waals surface area contributed by atoms with E-state index in [2.05, 4.69) is 10.1 Å². The van der Waals surface area contributed by atoms with E-state index in [0.717, 1.165) is 11.6 Å². The molecule has 0 bridgehead atoms. The highest BCUT2D eigenvalue weighted by Gasteiger charge is 2.18. The highest BCUT2D eigenvalue weighted by molar-refractivity contribution is 7.89. The third-order valence-electron chi connectivity index (χ3n) is 3.60. The number of alkyl carbamates (subject to hydrolysis) is 1. The Hall–Kier alpha value is -2.75. The maximum Gasteiger partial charge on any atom is 0.415 e. The average molecular weight is 425 g/mol. The molecule has 2 aromatic rings. The molecule has 0 aliphatic rings. The fourth-order valence-electron chi connectivity index (χ4n) is 2.22. The molecule has 0 saturated heterocycles. The first kappa shape index (κ1) is 21.5. The average Bonchev–Trinajstić information content (AvgIpc) is 2.64. The monoisotopic (exact) mass is 424 g/mol.